The number of rotatable bonds is 1. The average Bonchev–Trinajstić information content (AvgIpc) is 2.99. The van der Waals surface area contributed by atoms with Crippen molar-refractivity contribution in [2.24, 2.45) is 0 Å². The average molecular weight is 270 g/mol. The van der Waals surface area contributed by atoms with Gasteiger partial charge in [-0.15, -0.1) is 0 Å². The molecule has 3 aliphatic rings. The molecule has 1 amide bonds. The zero-order valence-electron chi connectivity index (χ0n) is 12.3. The number of fused-ring (bicyclic) bond motifs is 2. The molecule has 0 aliphatic carbocycles. The molecule has 3 unspecified atom stereocenters. The fraction of sp³-hybridized carbons (Fsp3) is 0.929. The molecule has 3 rings (SSSR count). The molecule has 110 valence electrons. The molecule has 3 fully saturated rings. The van der Waals surface area contributed by atoms with Gasteiger partial charge in [0.1, 0.15) is 6.10 Å². The highest BCUT2D eigenvalue weighted by atomic mass is 16.6. The van der Waals surface area contributed by atoms with Crippen LogP contribution in [0.1, 0.15) is 33.1 Å². The Labute approximate surface area is 115 Å². The summed E-state index contributed by atoms with van der Waals surface area (Å²) in [4.78, 5) is 16.4. The normalized spacial score (nSPS) is 33.8. The minimum absolute atomic E-state index is 0.0263. The van der Waals surface area contributed by atoms with Gasteiger partial charge < -0.3 is 14.4 Å². The van der Waals surface area contributed by atoms with Crippen molar-refractivity contribution in [3.8, 4) is 0 Å². The number of carbonyl (C=O) groups is 1. The minimum Gasteiger partial charge on any atom is -0.444 e. The Morgan fingerprint density at radius 3 is 2.32 bits per heavy atom. The highest BCUT2D eigenvalue weighted by Gasteiger charge is 2.43. The Hall–Kier alpha value is -0.810. The summed E-state index contributed by atoms with van der Waals surface area (Å²) < 4.78 is 10.7. The summed E-state index contributed by atoms with van der Waals surface area (Å²) in [5, 5.41) is 0. The highest BCUT2D eigenvalue weighted by Crippen LogP contribution is 2.30. The lowest BCUT2D eigenvalue weighted by molar-refractivity contribution is 0.0217. The maximum absolute atomic E-state index is 12.2. The van der Waals surface area contributed by atoms with Crippen molar-refractivity contribution in [1.29, 1.82) is 0 Å². The van der Waals surface area contributed by atoms with Gasteiger partial charge in [0.25, 0.3) is 0 Å². The summed E-state index contributed by atoms with van der Waals surface area (Å²) in [6.45, 7) is 7.24. The van der Waals surface area contributed by atoms with E-state index in [9.17, 15) is 4.79 Å². The quantitative estimate of drug-likeness (QED) is 0.727. The predicted octanol–water partition coefficient (Wildman–Crippen LogP) is 1.72. The van der Waals surface area contributed by atoms with Crippen LogP contribution in [0.2, 0.25) is 0 Å². The predicted molar refractivity (Wildman–Crippen MR) is 73.2 cm³/mol. The molecule has 5 nitrogen and oxygen atoms in total. The molecular formula is C14H26N2O3. The summed E-state index contributed by atoms with van der Waals surface area (Å²) in [5.41, 5.74) is 0. The molecule has 0 saturated carbocycles. The van der Waals surface area contributed by atoms with Crippen LogP contribution < -0.4 is 0 Å². The number of hydrogen-bond acceptors (Lipinski definition) is 4. The molecule has 2 bridgehead atoms. The maximum atomic E-state index is 12.2. The fourth-order valence-corrected chi connectivity index (χ4v) is 3.22. The third kappa shape index (κ3) is 3.20. The second-order valence-corrected chi connectivity index (χ2v) is 5.38. The Morgan fingerprint density at radius 2 is 1.79 bits per heavy atom. The van der Waals surface area contributed by atoms with Crippen LogP contribution in [0.15, 0.2) is 0 Å². The van der Waals surface area contributed by atoms with E-state index in [1.807, 2.05) is 18.7 Å². The van der Waals surface area contributed by atoms with Crippen molar-refractivity contribution in [3.63, 3.8) is 0 Å². The topological polar surface area (TPSA) is 42.0 Å². The summed E-state index contributed by atoms with van der Waals surface area (Å²) >= 11 is 0. The minimum atomic E-state index is -0.124. The lowest BCUT2D eigenvalue weighted by Gasteiger charge is -2.39. The number of carbonyl (C=O) groups excluding carboxylic acids is 1. The van der Waals surface area contributed by atoms with E-state index in [4.69, 9.17) is 9.47 Å². The first-order valence-corrected chi connectivity index (χ1v) is 7.49. The lowest BCUT2D eigenvalue weighted by Crippen LogP contribution is -2.55. The first-order chi connectivity index (χ1) is 9.24. The molecular weight excluding hydrogens is 244 g/mol. The van der Waals surface area contributed by atoms with Crippen LogP contribution in [-0.4, -0.2) is 67.4 Å². The van der Waals surface area contributed by atoms with E-state index in [1.165, 1.54) is 0 Å². The third-order valence-corrected chi connectivity index (χ3v) is 4.03. The molecule has 0 aromatic heterocycles. The summed E-state index contributed by atoms with van der Waals surface area (Å²) in [6, 6.07) is 0.710. The van der Waals surface area contributed by atoms with Crippen molar-refractivity contribution < 1.29 is 14.3 Å². The van der Waals surface area contributed by atoms with Gasteiger partial charge in [0.2, 0.25) is 0 Å². The first kappa shape index (κ1) is 14.6. The summed E-state index contributed by atoms with van der Waals surface area (Å²) in [7, 11) is 2.12. The molecule has 19 heavy (non-hydrogen) atoms. The Balaban J connectivity index is 0.000000637. The molecule has 0 N–H and O–H groups in total. The monoisotopic (exact) mass is 270 g/mol. The molecule has 5 heteroatoms. The zero-order valence-corrected chi connectivity index (χ0v) is 12.3. The van der Waals surface area contributed by atoms with E-state index in [0.717, 1.165) is 32.4 Å². The SMILES string of the molecule is CC.CN1CC2CCC(C1)N2C(=O)OC1CCOC1. The number of likely N-dealkylation sites (tertiary alicyclic amines) is 1. The molecule has 0 aromatic carbocycles. The number of hydrogen-bond donors (Lipinski definition) is 0. The second kappa shape index (κ2) is 6.57. The maximum Gasteiger partial charge on any atom is 0.410 e. The van der Waals surface area contributed by atoms with Crippen LogP contribution in [0.25, 0.3) is 0 Å². The highest BCUT2D eigenvalue weighted by molar-refractivity contribution is 5.69. The van der Waals surface area contributed by atoms with Gasteiger partial charge in [0.15, 0.2) is 0 Å². The van der Waals surface area contributed by atoms with Crippen LogP contribution in [0, 0.1) is 0 Å². The smallest absolute Gasteiger partial charge is 0.410 e. The lowest BCUT2D eigenvalue weighted by atomic mass is 10.2. The van der Waals surface area contributed by atoms with Crippen molar-refractivity contribution >= 4 is 6.09 Å². The Kier molecular flexibility index (Phi) is 5.05. The molecule has 3 aliphatic heterocycles. The fourth-order valence-electron chi connectivity index (χ4n) is 3.22. The van der Waals surface area contributed by atoms with Gasteiger partial charge in [0.05, 0.1) is 13.2 Å². The number of likely N-dealkylation sites (N-methyl/N-ethyl adjacent to an activating group) is 1. The largest absolute Gasteiger partial charge is 0.444 e. The second-order valence-electron chi connectivity index (χ2n) is 5.38. The van der Waals surface area contributed by atoms with Crippen LogP contribution >= 0.6 is 0 Å². The Morgan fingerprint density at radius 1 is 1.16 bits per heavy atom. The van der Waals surface area contributed by atoms with Gasteiger partial charge >= 0.3 is 6.09 Å². The molecule has 0 radical (unpaired) electrons. The Bertz CT molecular complexity index is 291. The van der Waals surface area contributed by atoms with E-state index in [-0.39, 0.29) is 12.2 Å². The van der Waals surface area contributed by atoms with Crippen molar-refractivity contribution in [3.05, 3.63) is 0 Å². The molecule has 3 atom stereocenters. The third-order valence-electron chi connectivity index (χ3n) is 4.03. The zero-order chi connectivity index (χ0) is 13.8. The van der Waals surface area contributed by atoms with E-state index < -0.39 is 0 Å². The number of ether oxygens (including phenoxy) is 2. The van der Waals surface area contributed by atoms with Crippen LogP contribution in [-0.2, 0) is 9.47 Å². The van der Waals surface area contributed by atoms with E-state index in [0.29, 0.717) is 25.3 Å². The standard InChI is InChI=1S/C12H20N2O3.C2H6/c1-13-6-9-2-3-10(7-13)14(9)12(15)17-11-4-5-16-8-11;1-2/h9-11H,2-8H2,1H3;1-2H3. The van der Waals surface area contributed by atoms with Gasteiger partial charge in [0, 0.05) is 31.6 Å². The van der Waals surface area contributed by atoms with Crippen molar-refractivity contribution in [1.82, 2.24) is 9.80 Å². The van der Waals surface area contributed by atoms with Gasteiger partial charge in [-0.1, -0.05) is 13.8 Å². The van der Waals surface area contributed by atoms with E-state index in [1.54, 1.807) is 0 Å². The summed E-state index contributed by atoms with van der Waals surface area (Å²) in [6.07, 6.45) is 2.92. The van der Waals surface area contributed by atoms with Gasteiger partial charge in [-0.05, 0) is 19.9 Å². The molecule has 3 heterocycles. The van der Waals surface area contributed by atoms with Gasteiger partial charge in [-0.2, -0.15) is 0 Å². The molecule has 0 spiro atoms. The molecule has 3 saturated heterocycles. The number of nitrogens with zero attached hydrogens (tertiary/aromatic N) is 2. The van der Waals surface area contributed by atoms with Crippen molar-refractivity contribution in [2.45, 2.75) is 51.3 Å². The first-order valence-electron chi connectivity index (χ1n) is 7.49. The van der Waals surface area contributed by atoms with Crippen LogP contribution in [0.4, 0.5) is 4.79 Å². The molecule has 0 aromatic rings. The number of amides is 1. The van der Waals surface area contributed by atoms with Crippen molar-refractivity contribution in [2.75, 3.05) is 33.4 Å². The number of piperazine rings is 1. The van der Waals surface area contributed by atoms with E-state index >= 15 is 0 Å². The van der Waals surface area contributed by atoms with Gasteiger partial charge in [-0.3, -0.25) is 4.90 Å². The van der Waals surface area contributed by atoms with Crippen LogP contribution in [0.5, 0.6) is 0 Å². The van der Waals surface area contributed by atoms with Crippen LogP contribution in [0.3, 0.4) is 0 Å². The van der Waals surface area contributed by atoms with Gasteiger partial charge in [-0.25, -0.2) is 4.79 Å². The van der Waals surface area contributed by atoms with E-state index in [2.05, 4.69) is 11.9 Å². The summed E-state index contributed by atoms with van der Waals surface area (Å²) in [5.74, 6) is 0.